The van der Waals surface area contributed by atoms with E-state index in [4.69, 9.17) is 14.2 Å². The van der Waals surface area contributed by atoms with Crippen LogP contribution in [0.4, 0.5) is 0 Å². The summed E-state index contributed by atoms with van der Waals surface area (Å²) in [6, 6.07) is 0. The second kappa shape index (κ2) is 44.1. The zero-order valence-corrected chi connectivity index (χ0v) is 36.2. The van der Waals surface area contributed by atoms with Gasteiger partial charge in [-0.15, -0.1) is 0 Å². The Morgan fingerprint density at radius 2 is 0.764 bits per heavy atom. The minimum atomic E-state index is -0.817. The van der Waals surface area contributed by atoms with Gasteiger partial charge < -0.3 is 14.2 Å². The molecule has 0 saturated carbocycles. The van der Waals surface area contributed by atoms with E-state index in [1.54, 1.807) is 6.08 Å². The Balaban J connectivity index is 4.29. The first-order valence-electron chi connectivity index (χ1n) is 23.1. The first kappa shape index (κ1) is 52.4. The van der Waals surface area contributed by atoms with Gasteiger partial charge in [0.1, 0.15) is 13.2 Å². The fourth-order valence-electron chi connectivity index (χ4n) is 6.38. The summed E-state index contributed by atoms with van der Waals surface area (Å²) in [7, 11) is 0. The highest BCUT2D eigenvalue weighted by atomic mass is 16.6. The Morgan fingerprint density at radius 3 is 1.18 bits per heavy atom. The predicted octanol–water partition coefficient (Wildman–Crippen LogP) is 14.8. The minimum absolute atomic E-state index is 0.108. The largest absolute Gasteiger partial charge is 0.462 e. The Hall–Kier alpha value is -2.63. The van der Waals surface area contributed by atoms with E-state index >= 15 is 0 Å². The zero-order valence-electron chi connectivity index (χ0n) is 36.2. The van der Waals surface area contributed by atoms with Crippen molar-refractivity contribution in [3.63, 3.8) is 0 Å². The van der Waals surface area contributed by atoms with E-state index in [-0.39, 0.29) is 31.6 Å². The lowest BCUT2D eigenvalue weighted by Gasteiger charge is -2.18. The van der Waals surface area contributed by atoms with E-state index in [9.17, 15) is 14.4 Å². The van der Waals surface area contributed by atoms with Crippen molar-refractivity contribution in [2.24, 2.45) is 0 Å². The van der Waals surface area contributed by atoms with Crippen molar-refractivity contribution in [3.8, 4) is 0 Å². The topological polar surface area (TPSA) is 78.9 Å². The fraction of sp³-hybridized carbons (Fsp3) is 0.776. The summed E-state index contributed by atoms with van der Waals surface area (Å²) < 4.78 is 16.5. The number of hydrogen-bond acceptors (Lipinski definition) is 6. The van der Waals surface area contributed by atoms with Crippen LogP contribution in [-0.4, -0.2) is 37.2 Å². The lowest BCUT2D eigenvalue weighted by molar-refractivity contribution is -0.166. The Morgan fingerprint density at radius 1 is 0.400 bits per heavy atom. The molecule has 0 amide bonds. The summed E-state index contributed by atoms with van der Waals surface area (Å²) in [4.78, 5) is 37.5. The van der Waals surface area contributed by atoms with E-state index in [1.165, 1.54) is 128 Å². The second-order valence-electron chi connectivity index (χ2n) is 15.3. The van der Waals surface area contributed by atoms with Crippen molar-refractivity contribution in [2.75, 3.05) is 13.2 Å². The lowest BCUT2D eigenvalue weighted by atomic mass is 10.1. The summed E-state index contributed by atoms with van der Waals surface area (Å²) in [5, 5.41) is 0. The predicted molar refractivity (Wildman–Crippen MR) is 233 cm³/mol. The van der Waals surface area contributed by atoms with Crippen molar-refractivity contribution < 1.29 is 28.6 Å². The third-order valence-electron chi connectivity index (χ3n) is 9.85. The summed E-state index contributed by atoms with van der Waals surface area (Å²) in [5.41, 5.74) is 0. The van der Waals surface area contributed by atoms with E-state index in [0.717, 1.165) is 57.8 Å². The molecule has 6 nitrogen and oxygen atoms in total. The van der Waals surface area contributed by atoms with Crippen LogP contribution in [0.25, 0.3) is 0 Å². The van der Waals surface area contributed by atoms with Gasteiger partial charge in [-0.2, -0.15) is 0 Å². The molecule has 0 rings (SSSR count). The Bertz CT molecular complexity index is 980. The van der Waals surface area contributed by atoms with Crippen LogP contribution < -0.4 is 0 Å². The van der Waals surface area contributed by atoms with E-state index in [2.05, 4.69) is 57.2 Å². The average molecular weight is 771 g/mol. The molecule has 1 unspecified atom stereocenters. The quantitative estimate of drug-likeness (QED) is 0.0267. The first-order valence-corrected chi connectivity index (χ1v) is 23.1. The molecule has 0 heterocycles. The Kier molecular flexibility index (Phi) is 42.0. The monoisotopic (exact) mass is 771 g/mol. The number of carbonyl (C=O) groups is 3. The fourth-order valence-corrected chi connectivity index (χ4v) is 6.38. The van der Waals surface area contributed by atoms with Crippen molar-refractivity contribution in [1.82, 2.24) is 0 Å². The summed E-state index contributed by atoms with van der Waals surface area (Å²) in [5.74, 6) is -1.04. The summed E-state index contributed by atoms with van der Waals surface area (Å²) in [6.07, 6.45) is 51.4. The number of allylic oxidation sites excluding steroid dienone is 7. The Labute approximate surface area is 339 Å². The second-order valence-corrected chi connectivity index (χ2v) is 15.3. The van der Waals surface area contributed by atoms with Crippen LogP contribution in [0.2, 0.25) is 0 Å². The normalized spacial score (nSPS) is 12.4. The van der Waals surface area contributed by atoms with E-state index < -0.39 is 12.1 Å². The molecule has 0 aromatic heterocycles. The van der Waals surface area contributed by atoms with E-state index in [1.807, 2.05) is 6.08 Å². The maximum Gasteiger partial charge on any atom is 0.310 e. The molecule has 0 aliphatic carbocycles. The van der Waals surface area contributed by atoms with Gasteiger partial charge in [-0.1, -0.05) is 198 Å². The molecule has 318 valence electrons. The van der Waals surface area contributed by atoms with Gasteiger partial charge in [0.2, 0.25) is 0 Å². The standard InChI is InChI=1S/C49H86O6/c1-4-7-10-13-16-19-20-21-22-23-24-25-26-27-28-31-33-36-39-42-48(51)54-45-46(55-49(52)43-40-37-34-30-18-15-12-9-6-3)44-53-47(50)41-38-35-32-29-17-14-11-8-5-2/h9,12,18,23-24,30,37,40,46H,4-8,10-11,13-17,19-22,25-29,31-36,38-39,41-45H2,1-3H3/b12-9-,24-23-,30-18-,40-37-. The van der Waals surface area contributed by atoms with Crippen LogP contribution in [0.15, 0.2) is 48.6 Å². The molecule has 0 aromatic carbocycles. The highest BCUT2D eigenvalue weighted by molar-refractivity contribution is 5.72. The number of hydrogen-bond donors (Lipinski definition) is 0. The van der Waals surface area contributed by atoms with Crippen LogP contribution in [0.5, 0.6) is 0 Å². The van der Waals surface area contributed by atoms with Crippen molar-refractivity contribution in [2.45, 2.75) is 232 Å². The van der Waals surface area contributed by atoms with Crippen LogP contribution in [0.1, 0.15) is 226 Å². The molecule has 0 spiro atoms. The molecular formula is C49H86O6. The summed E-state index contributed by atoms with van der Waals surface area (Å²) >= 11 is 0. The van der Waals surface area contributed by atoms with Crippen LogP contribution >= 0.6 is 0 Å². The zero-order chi connectivity index (χ0) is 40.1. The number of esters is 3. The maximum atomic E-state index is 12.6. The molecule has 0 N–H and O–H groups in total. The molecule has 0 saturated heterocycles. The number of carbonyl (C=O) groups excluding carboxylic acids is 3. The van der Waals surface area contributed by atoms with Gasteiger partial charge in [0.25, 0.3) is 0 Å². The molecule has 0 bridgehead atoms. The molecule has 0 aliphatic heterocycles. The van der Waals surface area contributed by atoms with Crippen LogP contribution in [0.3, 0.4) is 0 Å². The number of rotatable bonds is 41. The molecule has 1 atom stereocenters. The van der Waals surface area contributed by atoms with Gasteiger partial charge >= 0.3 is 17.9 Å². The van der Waals surface area contributed by atoms with Crippen LogP contribution in [0, 0.1) is 0 Å². The van der Waals surface area contributed by atoms with Gasteiger partial charge in [-0.05, 0) is 57.8 Å². The molecular weight excluding hydrogens is 685 g/mol. The van der Waals surface area contributed by atoms with Crippen molar-refractivity contribution in [3.05, 3.63) is 48.6 Å². The van der Waals surface area contributed by atoms with Gasteiger partial charge in [-0.3, -0.25) is 14.4 Å². The lowest BCUT2D eigenvalue weighted by Crippen LogP contribution is -2.30. The smallest absolute Gasteiger partial charge is 0.310 e. The highest BCUT2D eigenvalue weighted by Crippen LogP contribution is 2.14. The summed E-state index contributed by atoms with van der Waals surface area (Å²) in [6.45, 7) is 6.40. The molecule has 0 aromatic rings. The van der Waals surface area contributed by atoms with Gasteiger partial charge in [-0.25, -0.2) is 0 Å². The maximum absolute atomic E-state index is 12.6. The first-order chi connectivity index (χ1) is 27.0. The third kappa shape index (κ3) is 42.4. The molecule has 55 heavy (non-hydrogen) atoms. The molecule has 0 radical (unpaired) electrons. The SMILES string of the molecule is CC/C=C\C/C=C\C/C=C\CC(=O)OC(COC(=O)CCCCCCCCC/C=C\CCCCCCCCCC)COC(=O)CCCCCCCCCCC. The van der Waals surface area contributed by atoms with E-state index in [0.29, 0.717) is 12.8 Å². The average Bonchev–Trinajstić information content (AvgIpc) is 3.18. The molecule has 6 heteroatoms. The molecule has 0 aliphatic rings. The number of ether oxygens (including phenoxy) is 3. The minimum Gasteiger partial charge on any atom is -0.462 e. The van der Waals surface area contributed by atoms with Crippen molar-refractivity contribution >= 4 is 17.9 Å². The third-order valence-corrected chi connectivity index (χ3v) is 9.85. The van der Waals surface area contributed by atoms with Crippen molar-refractivity contribution in [1.29, 1.82) is 0 Å². The molecule has 0 fully saturated rings. The van der Waals surface area contributed by atoms with Gasteiger partial charge in [0.15, 0.2) is 6.10 Å². The van der Waals surface area contributed by atoms with Gasteiger partial charge in [0.05, 0.1) is 6.42 Å². The number of unbranched alkanes of at least 4 members (excludes halogenated alkanes) is 23. The van der Waals surface area contributed by atoms with Gasteiger partial charge in [0, 0.05) is 12.8 Å². The van der Waals surface area contributed by atoms with Crippen LogP contribution in [-0.2, 0) is 28.6 Å². The highest BCUT2D eigenvalue weighted by Gasteiger charge is 2.19.